The molecule has 0 aromatic rings. The Morgan fingerprint density at radius 2 is 1.71 bits per heavy atom. The first-order valence-electron chi connectivity index (χ1n) is 1.31. The maximum Gasteiger partial charge on any atom is 0.338 e. The predicted molar refractivity (Wildman–Crippen MR) is 26.9 cm³/mol. The quantitative estimate of drug-likeness (QED) is 0.311. The highest BCUT2D eigenvalue weighted by molar-refractivity contribution is 7.51. The normalized spacial score (nSPS) is 10.1. The molecule has 0 aromatic heterocycles. The third-order valence-corrected chi connectivity index (χ3v) is 0.714. The van der Waals surface area contributed by atoms with Gasteiger partial charge in [-0.15, -0.1) is 0 Å². The predicted octanol–water partition coefficient (Wildman–Crippen LogP) is -1.30. The van der Waals surface area contributed by atoms with Crippen molar-refractivity contribution in [2.45, 2.75) is 0 Å². The van der Waals surface area contributed by atoms with Gasteiger partial charge in [0.1, 0.15) is 0 Å². The molecule has 0 saturated carbocycles. The Labute approximate surface area is 45.9 Å². The van der Waals surface area contributed by atoms with E-state index in [-0.39, 0.29) is 11.0 Å². The van der Waals surface area contributed by atoms with Crippen LogP contribution in [-0.2, 0) is 4.57 Å². The van der Waals surface area contributed by atoms with Crippen LogP contribution in [0.1, 0.15) is 0 Å². The van der Waals surface area contributed by atoms with Crippen LogP contribution in [0.4, 0.5) is 0 Å². The molecule has 4 N–H and O–H groups in total. The second kappa shape index (κ2) is 3.34. The highest BCUT2D eigenvalue weighted by atomic mass is 31.2. The molecular formula is CH6NO3PSi. The van der Waals surface area contributed by atoms with E-state index in [2.05, 4.69) is 5.73 Å². The zero-order valence-corrected chi connectivity index (χ0v) is 5.43. The lowest BCUT2D eigenvalue weighted by Crippen LogP contribution is -1.97. The largest absolute Gasteiger partial charge is 0.338 e. The van der Waals surface area contributed by atoms with Gasteiger partial charge in [-0.2, -0.15) is 0 Å². The smallest absolute Gasteiger partial charge is 0.324 e. The lowest BCUT2D eigenvalue weighted by Gasteiger charge is -1.92. The molecule has 0 heterocycles. The van der Waals surface area contributed by atoms with Crippen LogP contribution in [0.25, 0.3) is 0 Å². The first kappa shape index (κ1) is 10.3. The molecule has 0 unspecified atom stereocenters. The van der Waals surface area contributed by atoms with Gasteiger partial charge in [-0.3, -0.25) is 4.57 Å². The highest BCUT2D eigenvalue weighted by Gasteiger charge is 2.05. The Morgan fingerprint density at radius 3 is 1.71 bits per heavy atom. The van der Waals surface area contributed by atoms with E-state index in [9.17, 15) is 4.57 Å². The Bertz CT molecular complexity index is 79.0. The number of hydrogen-bond donors (Lipinski definition) is 3. The Hall–Kier alpha value is 0.327. The van der Waals surface area contributed by atoms with E-state index in [4.69, 9.17) is 9.79 Å². The van der Waals surface area contributed by atoms with Crippen LogP contribution < -0.4 is 5.73 Å². The molecule has 0 aliphatic carbocycles. The van der Waals surface area contributed by atoms with Crippen LogP contribution in [0.15, 0.2) is 0 Å². The number of nitrogens with two attached hydrogens (primary N) is 1. The van der Waals surface area contributed by atoms with Crippen LogP contribution in [0.3, 0.4) is 0 Å². The van der Waals surface area contributed by atoms with Crippen LogP contribution >= 0.6 is 7.60 Å². The van der Waals surface area contributed by atoms with Gasteiger partial charge in [0.05, 0.1) is 6.29 Å². The molecule has 0 bridgehead atoms. The van der Waals surface area contributed by atoms with E-state index in [1.807, 2.05) is 0 Å². The Kier molecular flexibility index (Phi) is 4.94. The first-order chi connectivity index (χ1) is 2.56. The summed E-state index contributed by atoms with van der Waals surface area (Å²) in [5.74, 6) is 0. The minimum absolute atomic E-state index is 0. The van der Waals surface area contributed by atoms with Crippen LogP contribution in [0.5, 0.6) is 0 Å². The summed E-state index contributed by atoms with van der Waals surface area (Å²) >= 11 is 0. The van der Waals surface area contributed by atoms with Crippen molar-refractivity contribution in [1.82, 2.24) is 0 Å². The molecule has 0 aliphatic heterocycles. The molecule has 0 rings (SSSR count). The molecule has 0 atom stereocenters. The molecule has 4 radical (unpaired) electrons. The Balaban J connectivity index is 0. The third kappa shape index (κ3) is 10.7. The van der Waals surface area contributed by atoms with Crippen molar-refractivity contribution in [1.29, 1.82) is 0 Å². The van der Waals surface area contributed by atoms with E-state index in [1.54, 1.807) is 0 Å². The van der Waals surface area contributed by atoms with Gasteiger partial charge in [0.15, 0.2) is 0 Å². The molecular weight excluding hydrogens is 133 g/mol. The summed E-state index contributed by atoms with van der Waals surface area (Å²) in [6, 6.07) is 0. The zero-order valence-electron chi connectivity index (χ0n) is 3.53. The molecule has 0 aliphatic rings. The number of hydrogen-bond acceptors (Lipinski definition) is 2. The van der Waals surface area contributed by atoms with Gasteiger partial charge in [0, 0.05) is 11.0 Å². The van der Waals surface area contributed by atoms with Crippen LogP contribution in [-0.4, -0.2) is 27.0 Å². The van der Waals surface area contributed by atoms with E-state index in [1.165, 1.54) is 0 Å². The maximum atomic E-state index is 9.57. The third-order valence-electron chi connectivity index (χ3n) is 0.238. The summed E-state index contributed by atoms with van der Waals surface area (Å²) in [5.41, 5.74) is 4.54. The van der Waals surface area contributed by atoms with E-state index in [0.717, 1.165) is 0 Å². The second-order valence-electron chi connectivity index (χ2n) is 0.847. The lowest BCUT2D eigenvalue weighted by atomic mass is 11.6. The summed E-state index contributed by atoms with van der Waals surface area (Å²) < 4.78 is 9.57. The SMILES string of the molecule is NCP(=O)(O)O.[Si]. The van der Waals surface area contributed by atoms with E-state index in [0.29, 0.717) is 0 Å². The van der Waals surface area contributed by atoms with Gasteiger partial charge in [0.2, 0.25) is 0 Å². The van der Waals surface area contributed by atoms with Gasteiger partial charge in [0.25, 0.3) is 0 Å². The fourth-order valence-corrected chi connectivity index (χ4v) is 0. The van der Waals surface area contributed by atoms with Crippen molar-refractivity contribution in [3.8, 4) is 0 Å². The van der Waals surface area contributed by atoms with Crippen molar-refractivity contribution >= 4 is 18.6 Å². The monoisotopic (exact) mass is 139 g/mol. The molecule has 0 spiro atoms. The van der Waals surface area contributed by atoms with E-state index < -0.39 is 13.9 Å². The molecule has 0 aromatic carbocycles. The van der Waals surface area contributed by atoms with Crippen molar-refractivity contribution < 1.29 is 14.4 Å². The average Bonchev–Trinajstić information content (AvgIpc) is 1.35. The summed E-state index contributed by atoms with van der Waals surface area (Å²) in [4.78, 5) is 15.6. The average molecular weight is 139 g/mol. The minimum Gasteiger partial charge on any atom is -0.324 e. The maximum absolute atomic E-state index is 9.57. The zero-order chi connectivity index (χ0) is 5.21. The lowest BCUT2D eigenvalue weighted by molar-refractivity contribution is 0.374. The van der Waals surface area contributed by atoms with Gasteiger partial charge in [-0.25, -0.2) is 0 Å². The van der Waals surface area contributed by atoms with Crippen molar-refractivity contribution in [3.05, 3.63) is 0 Å². The topological polar surface area (TPSA) is 83.6 Å². The highest BCUT2D eigenvalue weighted by Crippen LogP contribution is 2.30. The molecule has 42 valence electrons. The van der Waals surface area contributed by atoms with Crippen molar-refractivity contribution in [3.63, 3.8) is 0 Å². The fourth-order valence-electron chi connectivity index (χ4n) is 0. The summed E-state index contributed by atoms with van der Waals surface area (Å²) in [7, 11) is -3.87. The Morgan fingerprint density at radius 1 is 1.57 bits per heavy atom. The standard InChI is InChI=1S/CH6NO3P.Si/c2-1-6(3,4)5;/h1-2H2,(H2,3,4,5);. The second-order valence-corrected chi connectivity index (χ2v) is 2.54. The van der Waals surface area contributed by atoms with Crippen molar-refractivity contribution in [2.24, 2.45) is 5.73 Å². The molecule has 6 heteroatoms. The summed E-state index contributed by atoms with van der Waals surface area (Å²) in [6.45, 7) is 0. The summed E-state index contributed by atoms with van der Waals surface area (Å²) in [6.07, 6.45) is -0.562. The van der Waals surface area contributed by atoms with Gasteiger partial charge >= 0.3 is 7.60 Å². The number of rotatable bonds is 1. The first-order valence-corrected chi connectivity index (χ1v) is 3.10. The van der Waals surface area contributed by atoms with Gasteiger partial charge in [-0.05, 0) is 0 Å². The molecule has 7 heavy (non-hydrogen) atoms. The molecule has 0 saturated heterocycles. The van der Waals surface area contributed by atoms with Gasteiger partial charge < -0.3 is 15.5 Å². The van der Waals surface area contributed by atoms with Crippen LogP contribution in [0, 0.1) is 0 Å². The molecule has 0 fully saturated rings. The van der Waals surface area contributed by atoms with Crippen LogP contribution in [0.2, 0.25) is 0 Å². The minimum atomic E-state index is -3.87. The summed E-state index contributed by atoms with van der Waals surface area (Å²) in [5, 5.41) is 0. The fraction of sp³-hybridized carbons (Fsp3) is 1.00. The molecule has 4 nitrogen and oxygen atoms in total. The van der Waals surface area contributed by atoms with Gasteiger partial charge in [-0.1, -0.05) is 0 Å². The molecule has 0 amide bonds. The van der Waals surface area contributed by atoms with Crippen molar-refractivity contribution in [2.75, 3.05) is 6.29 Å². The van der Waals surface area contributed by atoms with E-state index >= 15 is 0 Å².